The first kappa shape index (κ1) is 50.9. The first-order valence-corrected chi connectivity index (χ1v) is 22.4. The lowest BCUT2D eigenvalue weighted by Gasteiger charge is -2.20. The van der Waals surface area contributed by atoms with Gasteiger partial charge in [0.05, 0.1) is 19.8 Å². The summed E-state index contributed by atoms with van der Waals surface area (Å²) in [6.45, 7) is 4.70. The Labute approximate surface area is 325 Å². The van der Waals surface area contributed by atoms with E-state index >= 15 is 0 Å². The topological polar surface area (TPSA) is 117 Å². The van der Waals surface area contributed by atoms with Gasteiger partial charge in [-0.15, -0.1) is 0 Å². The molecule has 0 aliphatic carbocycles. The van der Waals surface area contributed by atoms with Crippen molar-refractivity contribution in [1.29, 1.82) is 0 Å². The highest BCUT2D eigenvalue weighted by Gasteiger charge is 2.25. The fourth-order valence-corrected chi connectivity index (χ4v) is 6.08. The van der Waals surface area contributed by atoms with Gasteiger partial charge in [-0.25, -0.2) is 4.57 Å². The number of carbonyl (C=O) groups is 1. The number of hydrogen-bond donors (Lipinski definition) is 2. The van der Waals surface area contributed by atoms with Crippen LogP contribution in [0.4, 0.5) is 0 Å². The fourth-order valence-electron chi connectivity index (χ4n) is 5.31. The summed E-state index contributed by atoms with van der Waals surface area (Å²) in [5, 5.41) is 0. The van der Waals surface area contributed by atoms with Crippen molar-refractivity contribution in [2.24, 2.45) is 5.73 Å². The van der Waals surface area contributed by atoms with Gasteiger partial charge in [-0.3, -0.25) is 13.8 Å². The van der Waals surface area contributed by atoms with Crippen LogP contribution in [-0.2, 0) is 27.9 Å². The predicted molar refractivity (Wildman–Crippen MR) is 224 cm³/mol. The minimum atomic E-state index is -4.29. The first-order chi connectivity index (χ1) is 25.9. The van der Waals surface area contributed by atoms with Crippen molar-refractivity contribution in [3.63, 3.8) is 0 Å². The van der Waals surface area contributed by atoms with E-state index in [4.69, 9.17) is 24.3 Å². The van der Waals surface area contributed by atoms with Gasteiger partial charge in [0.15, 0.2) is 0 Å². The molecule has 0 saturated heterocycles. The number of carbonyl (C=O) groups excluding carboxylic acids is 1. The van der Waals surface area contributed by atoms with E-state index in [2.05, 4.69) is 86.8 Å². The van der Waals surface area contributed by atoms with Crippen molar-refractivity contribution in [3.05, 3.63) is 72.9 Å². The predicted octanol–water partition coefficient (Wildman–Crippen LogP) is 12.4. The van der Waals surface area contributed by atoms with Gasteiger partial charge < -0.3 is 20.1 Å². The SMILES string of the molecule is CC/C=C\C/C=C\C/C=C\C/C=C\CCCCC(=O)OC(COCCCCCCCCCC/C=C\C/C=C\CCCCCC)COP(=O)(O)OCCN. The van der Waals surface area contributed by atoms with Gasteiger partial charge in [0, 0.05) is 19.6 Å². The highest BCUT2D eigenvalue weighted by Crippen LogP contribution is 2.43. The lowest BCUT2D eigenvalue weighted by Crippen LogP contribution is -2.28. The zero-order valence-electron chi connectivity index (χ0n) is 33.7. The van der Waals surface area contributed by atoms with Crippen LogP contribution in [0.3, 0.4) is 0 Å². The Balaban J connectivity index is 4.12. The number of phosphoric ester groups is 1. The van der Waals surface area contributed by atoms with Crippen LogP contribution in [0.15, 0.2) is 72.9 Å². The highest BCUT2D eigenvalue weighted by molar-refractivity contribution is 7.47. The number of nitrogens with two attached hydrogens (primary N) is 1. The smallest absolute Gasteiger partial charge is 0.457 e. The van der Waals surface area contributed by atoms with Gasteiger partial charge in [-0.05, 0) is 83.5 Å². The molecule has 0 spiro atoms. The summed E-state index contributed by atoms with van der Waals surface area (Å²) in [7, 11) is -4.29. The molecule has 3 N–H and O–H groups in total. The van der Waals surface area contributed by atoms with Crippen molar-refractivity contribution in [2.45, 2.75) is 168 Å². The Bertz CT molecular complexity index is 1040. The second-order valence-electron chi connectivity index (χ2n) is 13.5. The van der Waals surface area contributed by atoms with Gasteiger partial charge in [0.1, 0.15) is 6.10 Å². The Kier molecular flexibility index (Phi) is 39.5. The maximum Gasteiger partial charge on any atom is 0.472 e. The number of ether oxygens (including phenoxy) is 2. The molecule has 8 nitrogen and oxygen atoms in total. The van der Waals surface area contributed by atoms with Gasteiger partial charge in [-0.1, -0.05) is 145 Å². The van der Waals surface area contributed by atoms with Gasteiger partial charge in [0.2, 0.25) is 0 Å². The van der Waals surface area contributed by atoms with E-state index in [0.29, 0.717) is 13.0 Å². The molecule has 2 unspecified atom stereocenters. The molecule has 0 aromatic rings. The number of unbranched alkanes of at least 4 members (excludes halogenated alkanes) is 14. The number of hydrogen-bond acceptors (Lipinski definition) is 7. The Hall–Kier alpha value is -2.06. The molecule has 53 heavy (non-hydrogen) atoms. The maximum absolute atomic E-state index is 12.5. The molecule has 0 aromatic heterocycles. The van der Waals surface area contributed by atoms with E-state index in [0.717, 1.165) is 57.8 Å². The van der Waals surface area contributed by atoms with Crippen LogP contribution in [0, 0.1) is 0 Å². The third-order valence-electron chi connectivity index (χ3n) is 8.36. The number of phosphoric acid groups is 1. The lowest BCUT2D eigenvalue weighted by molar-refractivity contribution is -0.154. The first-order valence-electron chi connectivity index (χ1n) is 20.9. The summed E-state index contributed by atoms with van der Waals surface area (Å²) in [5.74, 6) is -0.375. The Morgan fingerprint density at radius 2 is 1.06 bits per heavy atom. The summed E-state index contributed by atoms with van der Waals surface area (Å²) < 4.78 is 33.3. The molecule has 0 radical (unpaired) electrons. The van der Waals surface area contributed by atoms with E-state index in [-0.39, 0.29) is 38.8 Å². The van der Waals surface area contributed by atoms with Crippen LogP contribution >= 0.6 is 7.82 Å². The zero-order chi connectivity index (χ0) is 38.8. The van der Waals surface area contributed by atoms with Crippen LogP contribution in [0.1, 0.15) is 162 Å². The average molecular weight is 764 g/mol. The van der Waals surface area contributed by atoms with Crippen LogP contribution < -0.4 is 5.73 Å². The van der Waals surface area contributed by atoms with Crippen molar-refractivity contribution in [1.82, 2.24) is 0 Å². The molecule has 0 aliphatic rings. The molecule has 0 saturated carbocycles. The van der Waals surface area contributed by atoms with Crippen LogP contribution in [0.25, 0.3) is 0 Å². The Morgan fingerprint density at radius 1 is 0.585 bits per heavy atom. The van der Waals surface area contributed by atoms with Crippen molar-refractivity contribution < 1.29 is 32.8 Å². The van der Waals surface area contributed by atoms with Gasteiger partial charge >= 0.3 is 13.8 Å². The molecular weight excluding hydrogens is 685 g/mol. The number of esters is 1. The summed E-state index contributed by atoms with van der Waals surface area (Å²) in [5.41, 5.74) is 5.36. The summed E-state index contributed by atoms with van der Waals surface area (Å²) in [6, 6.07) is 0. The molecule has 0 aromatic carbocycles. The van der Waals surface area contributed by atoms with Gasteiger partial charge in [-0.2, -0.15) is 0 Å². The molecule has 2 atom stereocenters. The second kappa shape index (κ2) is 41.1. The second-order valence-corrected chi connectivity index (χ2v) is 14.9. The number of allylic oxidation sites excluding steroid dienone is 12. The van der Waals surface area contributed by atoms with E-state index < -0.39 is 13.9 Å². The van der Waals surface area contributed by atoms with Crippen molar-refractivity contribution in [2.75, 3.05) is 33.0 Å². The summed E-state index contributed by atoms with van der Waals surface area (Å²) in [4.78, 5) is 22.4. The number of rotatable bonds is 39. The molecule has 0 bridgehead atoms. The van der Waals surface area contributed by atoms with E-state index in [1.807, 2.05) is 0 Å². The molecule has 9 heteroatoms. The van der Waals surface area contributed by atoms with Crippen LogP contribution in [0.5, 0.6) is 0 Å². The molecule has 0 rings (SSSR count). The average Bonchev–Trinajstić information content (AvgIpc) is 3.15. The van der Waals surface area contributed by atoms with E-state index in [1.54, 1.807) is 0 Å². The standard InChI is InChI=1S/C44H78NO7P/c1-3-5-7-9-11-13-15-17-19-20-21-22-24-26-28-30-32-34-36-39-49-41-43(42-51-53(47,48)50-40-38-45)52-44(46)37-35-33-31-29-27-25-23-18-16-14-12-10-8-6-4-2/h6,8,12-15,18-20,23,27,29,43H,3-5,7,9-11,16-17,21-22,24-26,28,30-42,45H2,1-2H3,(H,47,48)/b8-6-,14-12-,15-13-,20-19-,23-18-,29-27-. The molecule has 0 fully saturated rings. The van der Waals surface area contributed by atoms with Crippen molar-refractivity contribution >= 4 is 13.8 Å². The third kappa shape index (κ3) is 41.0. The van der Waals surface area contributed by atoms with Crippen LogP contribution in [0.2, 0.25) is 0 Å². The van der Waals surface area contributed by atoms with Gasteiger partial charge in [0.25, 0.3) is 0 Å². The van der Waals surface area contributed by atoms with E-state index in [9.17, 15) is 14.3 Å². The fraction of sp³-hybridized carbons (Fsp3) is 0.705. The molecule has 0 amide bonds. The minimum absolute atomic E-state index is 0.0888. The molecule has 0 aliphatic heterocycles. The molecule has 0 heterocycles. The zero-order valence-corrected chi connectivity index (χ0v) is 34.6. The Morgan fingerprint density at radius 3 is 1.58 bits per heavy atom. The van der Waals surface area contributed by atoms with Crippen LogP contribution in [-0.4, -0.2) is 49.9 Å². The summed E-state index contributed by atoms with van der Waals surface area (Å²) in [6.07, 6.45) is 50.6. The summed E-state index contributed by atoms with van der Waals surface area (Å²) >= 11 is 0. The molecular formula is C44H78NO7P. The largest absolute Gasteiger partial charge is 0.472 e. The monoisotopic (exact) mass is 764 g/mol. The van der Waals surface area contributed by atoms with Crippen molar-refractivity contribution in [3.8, 4) is 0 Å². The minimum Gasteiger partial charge on any atom is -0.457 e. The maximum atomic E-state index is 12.5. The quantitative estimate of drug-likeness (QED) is 0.0275. The third-order valence-corrected chi connectivity index (χ3v) is 9.34. The van der Waals surface area contributed by atoms with E-state index in [1.165, 1.54) is 77.0 Å². The molecule has 306 valence electrons. The lowest BCUT2D eigenvalue weighted by atomic mass is 10.1. The highest BCUT2D eigenvalue weighted by atomic mass is 31.2. The normalized spacial score (nSPS) is 14.3.